The lowest BCUT2D eigenvalue weighted by Gasteiger charge is -2.50. The molecule has 2 fully saturated rings. The first-order valence-electron chi connectivity index (χ1n) is 19.9. The summed E-state index contributed by atoms with van der Waals surface area (Å²) in [5.74, 6) is -2.43. The van der Waals surface area contributed by atoms with E-state index in [1.54, 1.807) is 0 Å². The highest BCUT2D eigenvalue weighted by Crippen LogP contribution is 2.46. The Morgan fingerprint density at radius 1 is 0.868 bits per heavy atom. The van der Waals surface area contributed by atoms with Crippen LogP contribution in [-0.2, 0) is 23.7 Å². The van der Waals surface area contributed by atoms with Gasteiger partial charge in [0.2, 0.25) is 0 Å². The number of aliphatic hydroxyl groups is 7. The zero-order valence-electron chi connectivity index (χ0n) is 32.9. The van der Waals surface area contributed by atoms with Crippen LogP contribution in [0.4, 0.5) is 0 Å². The molecule has 0 amide bonds. The fourth-order valence-electron chi connectivity index (χ4n) is 8.34. The number of esters is 1. The van der Waals surface area contributed by atoms with Crippen LogP contribution in [-0.4, -0.2) is 113 Å². The lowest BCUT2D eigenvalue weighted by molar-refractivity contribution is -0.340. The summed E-state index contributed by atoms with van der Waals surface area (Å²) in [5, 5.41) is 76.4. The Balaban J connectivity index is 1.66. The molecule has 4 aliphatic heterocycles. The first-order chi connectivity index (χ1) is 24.7. The van der Waals surface area contributed by atoms with Gasteiger partial charge in [-0.3, -0.25) is 0 Å². The fourth-order valence-corrected chi connectivity index (χ4v) is 8.34. The maximum Gasteiger partial charge on any atom is 0.330 e. The molecule has 4 aliphatic rings. The van der Waals surface area contributed by atoms with Crippen molar-refractivity contribution in [2.45, 2.75) is 203 Å². The molecule has 0 radical (unpaired) electrons. The van der Waals surface area contributed by atoms with Crippen LogP contribution in [0, 0.1) is 11.8 Å². The van der Waals surface area contributed by atoms with Crippen molar-refractivity contribution < 1.29 is 59.5 Å². The highest BCUT2D eigenvalue weighted by Gasteiger charge is 2.51. The molecule has 0 saturated carbocycles. The highest BCUT2D eigenvalue weighted by atomic mass is 16.7. The van der Waals surface area contributed by atoms with E-state index in [-0.39, 0.29) is 24.9 Å². The molecule has 12 nitrogen and oxygen atoms in total. The van der Waals surface area contributed by atoms with E-state index < -0.39 is 77.2 Å². The second-order valence-corrected chi connectivity index (χ2v) is 17.4. The van der Waals surface area contributed by atoms with Crippen LogP contribution in [0.15, 0.2) is 35.6 Å². The topological polar surface area (TPSA) is 196 Å². The third-order valence-electron chi connectivity index (χ3n) is 11.9. The molecule has 12 heteroatoms. The molecular formula is C41H68O12. The SMILES string of the molecule is CC[C@H](O)C[C@@H]1CCC[C@@]2(C[C@@H]3OC(=O)/C=C\[C@](C)(O)[C@@H](O)[C@H](C)[C@H](O)[C@@H](O)[C@@H](O)[C@@](C)(O)CCCCC/C=C\C4=C(C[C@@H](O2)[C@H]3C)OC(C)(C)C4)O1. The number of ether oxygens (including phenoxy) is 4. The number of fused-ring (bicyclic) bond motifs is 2. The van der Waals surface area contributed by atoms with Crippen LogP contribution in [0.5, 0.6) is 0 Å². The van der Waals surface area contributed by atoms with E-state index in [0.29, 0.717) is 38.5 Å². The second kappa shape index (κ2) is 17.9. The van der Waals surface area contributed by atoms with Crippen molar-refractivity contribution in [3.05, 3.63) is 35.6 Å². The number of carbonyl (C=O) groups excluding carboxylic acids is 1. The van der Waals surface area contributed by atoms with Gasteiger partial charge in [-0.15, -0.1) is 0 Å². The van der Waals surface area contributed by atoms with Crippen LogP contribution < -0.4 is 0 Å². The van der Waals surface area contributed by atoms with Gasteiger partial charge in [0.15, 0.2) is 5.79 Å². The van der Waals surface area contributed by atoms with Gasteiger partial charge >= 0.3 is 5.97 Å². The normalized spacial score (nSPS) is 44.3. The lowest BCUT2D eigenvalue weighted by Crippen LogP contribution is -2.56. The van der Waals surface area contributed by atoms with E-state index in [0.717, 1.165) is 55.6 Å². The largest absolute Gasteiger partial charge is 0.491 e. The maximum absolute atomic E-state index is 13.4. The Bertz CT molecular complexity index is 1310. The molecular weight excluding hydrogens is 684 g/mol. The van der Waals surface area contributed by atoms with E-state index in [9.17, 15) is 40.5 Å². The molecule has 304 valence electrons. The van der Waals surface area contributed by atoms with Crippen LogP contribution >= 0.6 is 0 Å². The van der Waals surface area contributed by atoms with Crippen LogP contribution in [0.2, 0.25) is 0 Å². The number of aliphatic hydroxyl groups excluding tert-OH is 5. The molecule has 0 aliphatic carbocycles. The van der Waals surface area contributed by atoms with Crippen molar-refractivity contribution in [3.63, 3.8) is 0 Å². The zero-order chi connectivity index (χ0) is 39.4. The smallest absolute Gasteiger partial charge is 0.330 e. The van der Waals surface area contributed by atoms with Gasteiger partial charge in [-0.1, -0.05) is 45.8 Å². The maximum atomic E-state index is 13.4. The van der Waals surface area contributed by atoms with Crippen molar-refractivity contribution >= 4 is 5.97 Å². The molecule has 4 heterocycles. The van der Waals surface area contributed by atoms with Gasteiger partial charge < -0.3 is 54.7 Å². The van der Waals surface area contributed by atoms with Crippen LogP contribution in [0.1, 0.15) is 132 Å². The predicted octanol–water partition coefficient (Wildman–Crippen LogP) is 4.25. The summed E-state index contributed by atoms with van der Waals surface area (Å²) in [6.45, 7) is 12.1. The molecule has 4 rings (SSSR count). The first kappa shape index (κ1) is 43.9. The summed E-state index contributed by atoms with van der Waals surface area (Å²) >= 11 is 0. The first-order valence-corrected chi connectivity index (χ1v) is 19.9. The Labute approximate surface area is 315 Å². The van der Waals surface area contributed by atoms with Crippen molar-refractivity contribution in [1.82, 2.24) is 0 Å². The minimum absolute atomic E-state index is 0.171. The molecule has 2 bridgehead atoms. The Morgan fingerprint density at radius 3 is 2.28 bits per heavy atom. The van der Waals surface area contributed by atoms with Gasteiger partial charge in [-0.2, -0.15) is 0 Å². The van der Waals surface area contributed by atoms with Crippen molar-refractivity contribution in [3.8, 4) is 0 Å². The van der Waals surface area contributed by atoms with Gasteiger partial charge in [0, 0.05) is 43.6 Å². The summed E-state index contributed by atoms with van der Waals surface area (Å²) in [4.78, 5) is 13.4. The number of allylic oxidation sites excluding steroid dienone is 2. The van der Waals surface area contributed by atoms with Gasteiger partial charge in [0.05, 0.1) is 36.1 Å². The summed E-state index contributed by atoms with van der Waals surface area (Å²) in [7, 11) is 0. The minimum atomic E-state index is -2.05. The summed E-state index contributed by atoms with van der Waals surface area (Å²) < 4.78 is 26.1. The summed E-state index contributed by atoms with van der Waals surface area (Å²) in [6, 6.07) is 0. The zero-order valence-corrected chi connectivity index (χ0v) is 32.9. The molecule has 0 unspecified atom stereocenters. The average Bonchev–Trinajstić information content (AvgIpc) is 3.38. The van der Waals surface area contributed by atoms with E-state index in [4.69, 9.17) is 18.9 Å². The quantitative estimate of drug-likeness (QED) is 0.203. The van der Waals surface area contributed by atoms with Crippen LogP contribution in [0.3, 0.4) is 0 Å². The summed E-state index contributed by atoms with van der Waals surface area (Å²) in [5.41, 5.74) is -3.12. The third kappa shape index (κ3) is 11.4. The number of hydrogen-bond acceptors (Lipinski definition) is 12. The second-order valence-electron chi connectivity index (χ2n) is 17.4. The number of hydrogen-bond donors (Lipinski definition) is 7. The number of carbonyl (C=O) groups is 1. The molecule has 13 atom stereocenters. The average molecular weight is 753 g/mol. The van der Waals surface area contributed by atoms with Crippen molar-refractivity contribution in [2.24, 2.45) is 11.8 Å². The third-order valence-corrected chi connectivity index (χ3v) is 11.9. The van der Waals surface area contributed by atoms with Gasteiger partial charge in [0.25, 0.3) is 0 Å². The van der Waals surface area contributed by atoms with Crippen LogP contribution in [0.25, 0.3) is 0 Å². The fraction of sp³-hybridized carbons (Fsp3) is 0.829. The molecule has 2 saturated heterocycles. The van der Waals surface area contributed by atoms with Crippen molar-refractivity contribution in [2.75, 3.05) is 0 Å². The van der Waals surface area contributed by atoms with Gasteiger partial charge in [-0.05, 0) is 84.3 Å². The van der Waals surface area contributed by atoms with Gasteiger partial charge in [0.1, 0.15) is 35.3 Å². The molecule has 7 N–H and O–H groups in total. The Morgan fingerprint density at radius 2 is 1.58 bits per heavy atom. The lowest BCUT2D eigenvalue weighted by atomic mass is 9.80. The molecule has 53 heavy (non-hydrogen) atoms. The number of rotatable bonds is 3. The summed E-state index contributed by atoms with van der Waals surface area (Å²) in [6.07, 6.45) is 5.43. The van der Waals surface area contributed by atoms with E-state index in [1.807, 2.05) is 27.7 Å². The molecule has 1 spiro atoms. The predicted molar refractivity (Wildman–Crippen MR) is 198 cm³/mol. The van der Waals surface area contributed by atoms with E-state index in [2.05, 4.69) is 12.2 Å². The van der Waals surface area contributed by atoms with Crippen molar-refractivity contribution in [1.29, 1.82) is 0 Å². The van der Waals surface area contributed by atoms with E-state index >= 15 is 0 Å². The Kier molecular flexibility index (Phi) is 14.8. The molecule has 0 aromatic heterocycles. The molecule has 0 aromatic carbocycles. The van der Waals surface area contributed by atoms with E-state index in [1.165, 1.54) is 20.8 Å². The highest BCUT2D eigenvalue weighted by molar-refractivity contribution is 5.82. The van der Waals surface area contributed by atoms with Gasteiger partial charge in [-0.25, -0.2) is 4.79 Å². The standard InChI is InChI=1S/C41H68O12/c1-8-28(42)21-29-16-14-19-41(51-29)24-32-25(2)30(53-41)22-31-27(23-38(4,5)52-31)15-12-10-9-11-13-18-39(6,48)37(47)35(45)34(44)26(3)36(46)40(7,49)20-17-33(43)50-32/h12,15,17,20,25-26,28-30,32,34-37,42,44-49H,8-11,13-14,16,18-19,21-24H2,1-7H3/b15-12-,20-17-/t25-,26-,28+,29+,30-,32+,34+,35-,36+,37-,39+,40+,41-/m1/s1. The Hall–Kier alpha value is -1.87. The monoisotopic (exact) mass is 752 g/mol. The molecule has 0 aromatic rings. The minimum Gasteiger partial charge on any atom is -0.491 e.